The van der Waals surface area contributed by atoms with Crippen LogP contribution in [0.1, 0.15) is 48.5 Å². The van der Waals surface area contributed by atoms with Crippen molar-refractivity contribution in [1.82, 2.24) is 15.5 Å². The zero-order valence-corrected chi connectivity index (χ0v) is 19.8. The number of amides is 3. The van der Waals surface area contributed by atoms with Crippen molar-refractivity contribution < 1.29 is 27.6 Å². The van der Waals surface area contributed by atoms with E-state index in [0.29, 0.717) is 31.3 Å². The van der Waals surface area contributed by atoms with E-state index in [1.807, 2.05) is 13.0 Å². The van der Waals surface area contributed by atoms with Crippen molar-refractivity contribution in [3.63, 3.8) is 0 Å². The van der Waals surface area contributed by atoms with Crippen LogP contribution in [0.25, 0.3) is 0 Å². The Morgan fingerprint density at radius 3 is 2.03 bits per heavy atom. The van der Waals surface area contributed by atoms with Gasteiger partial charge in [0.2, 0.25) is 12.3 Å². The number of rotatable bonds is 5. The Morgan fingerprint density at radius 2 is 1.69 bits per heavy atom. The van der Waals surface area contributed by atoms with Gasteiger partial charge in [-0.2, -0.15) is 18.4 Å². The number of piperidine rings is 1. The minimum atomic E-state index is -4.94. The Morgan fingerprint density at radius 1 is 1.22 bits per heavy atom. The number of likely N-dealkylation sites (tertiary alicyclic amines) is 1. The lowest BCUT2D eigenvalue weighted by molar-refractivity contribution is -0.174. The van der Waals surface area contributed by atoms with Gasteiger partial charge in [0.05, 0.1) is 12.6 Å². The van der Waals surface area contributed by atoms with Crippen LogP contribution >= 0.6 is 0 Å². The second-order valence-electron chi connectivity index (χ2n) is 9.12. The maximum atomic E-state index is 11.9. The van der Waals surface area contributed by atoms with Crippen LogP contribution < -0.4 is 10.6 Å². The smallest absolute Gasteiger partial charge is 0.341 e. The number of allylic oxidation sites excluding steroid dienone is 1. The molecule has 1 saturated carbocycles. The van der Waals surface area contributed by atoms with Gasteiger partial charge in [-0.15, -0.1) is 0 Å². The molecule has 3 amide bonds. The monoisotopic (exact) mass is 460 g/mol. The molecular formula is C22H35F3N4O3. The fraction of sp³-hybridized carbons (Fsp3) is 0.727. The van der Waals surface area contributed by atoms with Gasteiger partial charge in [0.15, 0.2) is 0 Å². The molecular weight excluding hydrogens is 425 g/mol. The zero-order valence-electron chi connectivity index (χ0n) is 19.8. The molecule has 7 nitrogen and oxygen atoms in total. The lowest BCUT2D eigenvalue weighted by Gasteiger charge is -2.22. The quantitative estimate of drug-likeness (QED) is 0.486. The first-order valence-electron chi connectivity index (χ1n) is 10.5. The Hall–Kier alpha value is -2.57. The third-order valence-electron chi connectivity index (χ3n) is 5.41. The number of nitriles is 1. The second-order valence-corrected chi connectivity index (χ2v) is 9.12. The van der Waals surface area contributed by atoms with Gasteiger partial charge in [0, 0.05) is 13.1 Å². The molecule has 2 rings (SSSR count). The molecule has 3 atom stereocenters. The van der Waals surface area contributed by atoms with Crippen LogP contribution in [0.3, 0.4) is 0 Å². The maximum Gasteiger partial charge on any atom is 0.471 e. The Kier molecular flexibility index (Phi) is 11.5. The molecule has 1 heterocycles. The van der Waals surface area contributed by atoms with Gasteiger partial charge in [-0.25, -0.2) is 0 Å². The van der Waals surface area contributed by atoms with Gasteiger partial charge >= 0.3 is 12.1 Å². The number of alkyl halides is 3. The first-order chi connectivity index (χ1) is 14.6. The standard InChI is InChI=1S/C11H15F3N2O2.C7H10N2O.C4H10/c1-10(2)6-4-16(5-7(6)10)8(17)3-15-9(18)11(12,13)14;1-3-6(2)7(4-8)9-5-10;1-4(2)3/h6-7H,3-5H2,1-2H3,(H,15,18);3,5,7H,1-2H3,(H,9,10);4H,1-3H3/b;6-3+;/t6-,7+;;. The number of hydrogen-bond acceptors (Lipinski definition) is 4. The number of halogens is 3. The average Bonchev–Trinajstić information content (AvgIpc) is 3.03. The lowest BCUT2D eigenvalue weighted by Crippen LogP contribution is -2.44. The van der Waals surface area contributed by atoms with Crippen LogP contribution in [-0.2, 0) is 14.4 Å². The van der Waals surface area contributed by atoms with E-state index >= 15 is 0 Å². The molecule has 2 N–H and O–H groups in total. The molecule has 0 spiro atoms. The van der Waals surface area contributed by atoms with Crippen LogP contribution in [0.2, 0.25) is 0 Å². The summed E-state index contributed by atoms with van der Waals surface area (Å²) in [5.41, 5.74) is 1.10. The van der Waals surface area contributed by atoms with Crippen LogP contribution in [0, 0.1) is 34.5 Å². The number of carbonyl (C=O) groups excluding carboxylic acids is 3. The summed E-state index contributed by atoms with van der Waals surface area (Å²) < 4.78 is 35.7. The van der Waals surface area contributed by atoms with E-state index in [1.165, 1.54) is 4.90 Å². The molecule has 1 saturated heterocycles. The molecule has 0 aromatic carbocycles. The molecule has 10 heteroatoms. The fourth-order valence-corrected chi connectivity index (χ4v) is 3.21. The van der Waals surface area contributed by atoms with E-state index in [2.05, 4.69) is 39.9 Å². The normalized spacial score (nSPS) is 21.6. The molecule has 0 aromatic heterocycles. The van der Waals surface area contributed by atoms with E-state index in [-0.39, 0.29) is 5.41 Å². The minimum absolute atomic E-state index is 0.242. The molecule has 2 fully saturated rings. The molecule has 182 valence electrons. The largest absolute Gasteiger partial charge is 0.471 e. The first-order valence-corrected chi connectivity index (χ1v) is 10.5. The van der Waals surface area contributed by atoms with Crippen LogP contribution in [-0.4, -0.2) is 55.0 Å². The van der Waals surface area contributed by atoms with Crippen LogP contribution in [0.5, 0.6) is 0 Å². The Labute approximate surface area is 188 Å². The predicted octanol–water partition coefficient (Wildman–Crippen LogP) is 3.03. The number of carbonyl (C=O) groups is 3. The van der Waals surface area contributed by atoms with Crippen molar-refractivity contribution in [2.45, 2.75) is 60.7 Å². The van der Waals surface area contributed by atoms with Crippen molar-refractivity contribution in [3.8, 4) is 6.07 Å². The highest BCUT2D eigenvalue weighted by Gasteiger charge is 2.62. The molecule has 2 aliphatic rings. The molecule has 1 aliphatic carbocycles. The summed E-state index contributed by atoms with van der Waals surface area (Å²) in [5.74, 6) is -0.796. The van der Waals surface area contributed by atoms with Gasteiger partial charge in [0.25, 0.3) is 0 Å². The van der Waals surface area contributed by atoms with Crippen molar-refractivity contribution in [1.29, 1.82) is 5.26 Å². The van der Waals surface area contributed by atoms with Crippen molar-refractivity contribution in [2.24, 2.45) is 23.2 Å². The van der Waals surface area contributed by atoms with Gasteiger partial charge in [-0.1, -0.05) is 40.7 Å². The highest BCUT2D eigenvalue weighted by molar-refractivity contribution is 5.87. The van der Waals surface area contributed by atoms with E-state index in [0.717, 1.165) is 11.5 Å². The molecule has 0 bridgehead atoms. The summed E-state index contributed by atoms with van der Waals surface area (Å²) in [6.45, 7) is 14.9. The van der Waals surface area contributed by atoms with Crippen molar-refractivity contribution in [3.05, 3.63) is 11.6 Å². The van der Waals surface area contributed by atoms with Crippen molar-refractivity contribution in [2.75, 3.05) is 19.6 Å². The highest BCUT2D eigenvalue weighted by Crippen LogP contribution is 2.61. The summed E-state index contributed by atoms with van der Waals surface area (Å²) in [6.07, 6.45) is -2.61. The number of hydrogen-bond donors (Lipinski definition) is 2. The van der Waals surface area contributed by atoms with E-state index in [9.17, 15) is 27.6 Å². The summed E-state index contributed by atoms with van der Waals surface area (Å²) >= 11 is 0. The molecule has 0 radical (unpaired) electrons. The fourth-order valence-electron chi connectivity index (χ4n) is 3.21. The number of nitrogens with one attached hydrogen (secondary N) is 2. The SMILES string of the molecule is C/C=C(\C)C(C#N)NC=O.CC(C)C.CC1(C)[C@@H]2CN(C(=O)CNC(=O)C(F)(F)F)C[C@@H]21. The Bertz CT molecular complexity index is 710. The van der Waals surface area contributed by atoms with E-state index in [1.54, 1.807) is 18.3 Å². The van der Waals surface area contributed by atoms with E-state index in [4.69, 9.17) is 5.26 Å². The molecule has 1 aliphatic heterocycles. The topological polar surface area (TPSA) is 102 Å². The molecule has 1 unspecified atom stereocenters. The van der Waals surface area contributed by atoms with E-state index < -0.39 is 30.6 Å². The molecule has 32 heavy (non-hydrogen) atoms. The van der Waals surface area contributed by atoms with Gasteiger partial charge < -0.3 is 15.5 Å². The summed E-state index contributed by atoms with van der Waals surface area (Å²) in [5, 5.41) is 12.4. The summed E-state index contributed by atoms with van der Waals surface area (Å²) in [4.78, 5) is 33.6. The van der Waals surface area contributed by atoms with Crippen LogP contribution in [0.15, 0.2) is 11.6 Å². The lowest BCUT2D eigenvalue weighted by atomic mass is 10.1. The third-order valence-corrected chi connectivity index (χ3v) is 5.41. The van der Waals surface area contributed by atoms with Crippen LogP contribution in [0.4, 0.5) is 13.2 Å². The van der Waals surface area contributed by atoms with Crippen molar-refractivity contribution >= 4 is 18.2 Å². The summed E-state index contributed by atoms with van der Waals surface area (Å²) in [7, 11) is 0. The highest BCUT2D eigenvalue weighted by atomic mass is 19.4. The number of nitrogens with zero attached hydrogens (tertiary/aromatic N) is 2. The van der Waals surface area contributed by atoms with Gasteiger partial charge in [0.1, 0.15) is 6.04 Å². The number of fused-ring (bicyclic) bond motifs is 1. The maximum absolute atomic E-state index is 11.9. The van der Waals surface area contributed by atoms with Gasteiger partial charge in [-0.05, 0) is 42.6 Å². The predicted molar refractivity (Wildman–Crippen MR) is 115 cm³/mol. The first kappa shape index (κ1) is 29.4. The zero-order chi connectivity index (χ0) is 25.3. The average molecular weight is 461 g/mol. The third kappa shape index (κ3) is 9.28. The Balaban J connectivity index is 0.000000581. The minimum Gasteiger partial charge on any atom is -0.341 e. The van der Waals surface area contributed by atoms with Gasteiger partial charge in [-0.3, -0.25) is 14.4 Å². The molecule has 0 aromatic rings. The second kappa shape index (κ2) is 12.5. The summed E-state index contributed by atoms with van der Waals surface area (Å²) in [6, 6.07) is 1.47.